The van der Waals surface area contributed by atoms with Gasteiger partial charge < -0.3 is 0 Å². The second-order valence-corrected chi connectivity index (χ2v) is 7.08. The molecule has 0 aliphatic rings. The summed E-state index contributed by atoms with van der Waals surface area (Å²) in [6, 6.07) is 8.52. The number of thioether (sulfide) groups is 1. The molecule has 7 nitrogen and oxygen atoms in total. The third-order valence-electron chi connectivity index (χ3n) is 3.28. The lowest BCUT2D eigenvalue weighted by Crippen LogP contribution is -2.42. The largest absolute Gasteiger partial charge is 0.416 e. The Labute approximate surface area is 168 Å². The van der Waals surface area contributed by atoms with Crippen molar-refractivity contribution in [2.75, 3.05) is 5.75 Å². The molecule has 0 radical (unpaired) electrons. The van der Waals surface area contributed by atoms with Gasteiger partial charge in [-0.15, -0.1) is 11.8 Å². The number of hydrogen-bond acceptors (Lipinski definition) is 5. The van der Waals surface area contributed by atoms with E-state index in [2.05, 4.69) is 26.8 Å². The van der Waals surface area contributed by atoms with Crippen molar-refractivity contribution in [2.24, 2.45) is 0 Å². The van der Waals surface area contributed by atoms with Gasteiger partial charge in [0.15, 0.2) is 0 Å². The second kappa shape index (κ2) is 9.06. The van der Waals surface area contributed by atoms with E-state index >= 15 is 0 Å². The van der Waals surface area contributed by atoms with Crippen LogP contribution in [-0.4, -0.2) is 22.5 Å². The van der Waals surface area contributed by atoms with Gasteiger partial charge in [0.1, 0.15) is 0 Å². The SMILES string of the molecule is O=C(CSc1ccc(C(F)(F)F)cc1[N+](=O)[O-])NNC(=O)c1ccccc1Br. The number of hydrogen-bond donors (Lipinski definition) is 2. The molecule has 12 heteroatoms. The Morgan fingerprint density at radius 3 is 2.43 bits per heavy atom. The van der Waals surface area contributed by atoms with Gasteiger partial charge in [0.2, 0.25) is 5.91 Å². The number of hydrazine groups is 1. The van der Waals surface area contributed by atoms with Crippen molar-refractivity contribution in [1.29, 1.82) is 0 Å². The van der Waals surface area contributed by atoms with Crippen LogP contribution in [0.5, 0.6) is 0 Å². The number of carbonyl (C=O) groups excluding carboxylic acids is 2. The number of nitrogens with zero attached hydrogens (tertiary/aromatic N) is 1. The molecule has 2 amide bonds. The van der Waals surface area contributed by atoms with Crippen LogP contribution < -0.4 is 10.9 Å². The summed E-state index contributed by atoms with van der Waals surface area (Å²) in [5, 5.41) is 11.0. The van der Waals surface area contributed by atoms with Crippen LogP contribution in [0.4, 0.5) is 18.9 Å². The Balaban J connectivity index is 1.98. The van der Waals surface area contributed by atoms with E-state index in [9.17, 15) is 32.9 Å². The molecular weight excluding hydrogens is 467 g/mol. The molecule has 2 rings (SSSR count). The van der Waals surface area contributed by atoms with Crippen LogP contribution >= 0.6 is 27.7 Å². The molecule has 0 spiro atoms. The number of nitro groups is 1. The molecule has 2 aromatic carbocycles. The number of nitrogens with one attached hydrogen (secondary N) is 2. The van der Waals surface area contributed by atoms with Crippen molar-refractivity contribution in [1.82, 2.24) is 10.9 Å². The zero-order chi connectivity index (χ0) is 20.9. The predicted molar refractivity (Wildman–Crippen MR) is 98.6 cm³/mol. The molecule has 0 saturated carbocycles. The third-order valence-corrected chi connectivity index (χ3v) is 5.03. The maximum absolute atomic E-state index is 12.7. The van der Waals surface area contributed by atoms with Gasteiger partial charge in [0, 0.05) is 10.5 Å². The van der Waals surface area contributed by atoms with E-state index in [0.29, 0.717) is 28.4 Å². The topological polar surface area (TPSA) is 101 Å². The van der Waals surface area contributed by atoms with E-state index in [-0.39, 0.29) is 16.2 Å². The fourth-order valence-electron chi connectivity index (χ4n) is 1.98. The van der Waals surface area contributed by atoms with Crippen molar-refractivity contribution >= 4 is 45.2 Å². The monoisotopic (exact) mass is 477 g/mol. The maximum Gasteiger partial charge on any atom is 0.416 e. The number of amides is 2. The number of nitro benzene ring substituents is 1. The Morgan fingerprint density at radius 1 is 1.14 bits per heavy atom. The van der Waals surface area contributed by atoms with E-state index in [1.54, 1.807) is 18.2 Å². The fourth-order valence-corrected chi connectivity index (χ4v) is 3.25. The van der Waals surface area contributed by atoms with Gasteiger partial charge in [-0.05, 0) is 40.2 Å². The summed E-state index contributed by atoms with van der Waals surface area (Å²) in [7, 11) is 0. The second-order valence-electron chi connectivity index (χ2n) is 5.21. The zero-order valence-electron chi connectivity index (χ0n) is 13.7. The Hall–Kier alpha value is -2.60. The van der Waals surface area contributed by atoms with Crippen LogP contribution in [0.25, 0.3) is 0 Å². The van der Waals surface area contributed by atoms with Crippen LogP contribution in [0.1, 0.15) is 15.9 Å². The van der Waals surface area contributed by atoms with Crippen LogP contribution in [0.3, 0.4) is 0 Å². The van der Waals surface area contributed by atoms with Gasteiger partial charge in [-0.25, -0.2) is 0 Å². The molecule has 148 valence electrons. The van der Waals surface area contributed by atoms with E-state index in [4.69, 9.17) is 0 Å². The first-order chi connectivity index (χ1) is 13.1. The predicted octanol–water partition coefficient (Wildman–Crippen LogP) is 3.93. The smallest absolute Gasteiger partial charge is 0.272 e. The quantitative estimate of drug-likeness (QED) is 0.386. The summed E-state index contributed by atoms with van der Waals surface area (Å²) in [4.78, 5) is 33.7. The van der Waals surface area contributed by atoms with Crippen molar-refractivity contribution in [3.8, 4) is 0 Å². The minimum absolute atomic E-state index is 0.106. The molecule has 2 N–H and O–H groups in total. The summed E-state index contributed by atoms with van der Waals surface area (Å²) < 4.78 is 38.6. The first kappa shape index (κ1) is 21.7. The first-order valence-corrected chi connectivity index (χ1v) is 9.19. The van der Waals surface area contributed by atoms with Gasteiger partial charge in [0.05, 0.1) is 26.7 Å². The summed E-state index contributed by atoms with van der Waals surface area (Å²) in [5.74, 6) is -1.64. The molecule has 0 fully saturated rings. The lowest BCUT2D eigenvalue weighted by atomic mass is 10.2. The lowest BCUT2D eigenvalue weighted by molar-refractivity contribution is -0.388. The standard InChI is InChI=1S/C16H11BrF3N3O4S/c17-11-4-2-1-3-10(11)15(25)22-21-14(24)8-28-13-6-5-9(16(18,19)20)7-12(13)23(26)27/h1-7H,8H2,(H,21,24)(H,22,25). The van der Waals surface area contributed by atoms with E-state index in [1.165, 1.54) is 6.07 Å². The van der Waals surface area contributed by atoms with Crippen LogP contribution in [0, 0.1) is 10.1 Å². The molecule has 0 aromatic heterocycles. The minimum Gasteiger partial charge on any atom is -0.272 e. The van der Waals surface area contributed by atoms with Gasteiger partial charge in [-0.3, -0.25) is 30.6 Å². The number of benzene rings is 2. The molecule has 28 heavy (non-hydrogen) atoms. The average molecular weight is 478 g/mol. The highest BCUT2D eigenvalue weighted by atomic mass is 79.9. The number of halogens is 4. The van der Waals surface area contributed by atoms with E-state index in [1.807, 2.05) is 0 Å². The third kappa shape index (κ3) is 5.70. The lowest BCUT2D eigenvalue weighted by Gasteiger charge is -2.10. The summed E-state index contributed by atoms with van der Waals surface area (Å²) in [5.41, 5.74) is 2.66. The van der Waals surface area contributed by atoms with Crippen molar-refractivity contribution in [2.45, 2.75) is 11.1 Å². The minimum atomic E-state index is -4.72. The van der Waals surface area contributed by atoms with Gasteiger partial charge in [0.25, 0.3) is 11.6 Å². The molecule has 2 aromatic rings. The van der Waals surface area contributed by atoms with Crippen LogP contribution in [0.15, 0.2) is 51.8 Å². The Kier molecular flexibility index (Phi) is 7.02. The summed E-state index contributed by atoms with van der Waals surface area (Å²) in [6.07, 6.45) is -4.72. The number of carbonyl (C=O) groups is 2. The average Bonchev–Trinajstić information content (AvgIpc) is 2.63. The zero-order valence-corrected chi connectivity index (χ0v) is 16.2. The molecule has 0 bridgehead atoms. The molecule has 0 saturated heterocycles. The van der Waals surface area contributed by atoms with Gasteiger partial charge in [-0.1, -0.05) is 12.1 Å². The highest BCUT2D eigenvalue weighted by molar-refractivity contribution is 9.10. The van der Waals surface area contributed by atoms with Crippen molar-refractivity contribution in [3.05, 3.63) is 68.2 Å². The molecule has 0 heterocycles. The molecule has 0 aliphatic heterocycles. The highest BCUT2D eigenvalue weighted by Crippen LogP contribution is 2.36. The number of alkyl halides is 3. The Morgan fingerprint density at radius 2 is 1.82 bits per heavy atom. The van der Waals surface area contributed by atoms with Gasteiger partial charge >= 0.3 is 6.18 Å². The molecule has 0 atom stereocenters. The maximum atomic E-state index is 12.7. The van der Waals surface area contributed by atoms with E-state index < -0.39 is 34.2 Å². The Bertz CT molecular complexity index is 924. The number of rotatable bonds is 5. The van der Waals surface area contributed by atoms with Crippen LogP contribution in [0.2, 0.25) is 0 Å². The van der Waals surface area contributed by atoms with Gasteiger partial charge in [-0.2, -0.15) is 13.2 Å². The molecule has 0 aliphatic carbocycles. The first-order valence-electron chi connectivity index (χ1n) is 7.41. The normalized spacial score (nSPS) is 11.0. The van der Waals surface area contributed by atoms with Crippen molar-refractivity contribution in [3.63, 3.8) is 0 Å². The van der Waals surface area contributed by atoms with E-state index in [0.717, 1.165) is 6.07 Å². The molecular formula is C16H11BrF3N3O4S. The summed E-state index contributed by atoms with van der Waals surface area (Å²) >= 11 is 3.86. The van der Waals surface area contributed by atoms with Crippen molar-refractivity contribution < 1.29 is 27.7 Å². The summed E-state index contributed by atoms with van der Waals surface area (Å²) in [6.45, 7) is 0. The highest BCUT2D eigenvalue weighted by Gasteiger charge is 2.33. The fraction of sp³-hybridized carbons (Fsp3) is 0.125. The van der Waals surface area contributed by atoms with Crippen LogP contribution in [-0.2, 0) is 11.0 Å². The molecule has 0 unspecified atom stereocenters.